The molecular weight excluding hydrogens is 532 g/mol. The number of nitrogens with two attached hydrogens (primary N) is 1. The highest BCUT2D eigenvalue weighted by molar-refractivity contribution is 6.74. The van der Waals surface area contributed by atoms with Gasteiger partial charge < -0.3 is 14.9 Å². The van der Waals surface area contributed by atoms with Crippen molar-refractivity contribution in [3.05, 3.63) is 28.8 Å². The maximum absolute atomic E-state index is 13.9. The van der Waals surface area contributed by atoms with E-state index in [1.54, 1.807) is 37.8 Å². The molecule has 0 spiro atoms. The molecule has 1 fully saturated rings. The number of anilines is 1. The molecule has 3 N–H and O–H groups in total. The summed E-state index contributed by atoms with van der Waals surface area (Å²) in [5, 5.41) is 3.27. The number of amides is 2. The molecule has 1 heterocycles. The number of benzene rings is 1. The Bertz CT molecular complexity index is 1130. The van der Waals surface area contributed by atoms with E-state index in [1.807, 2.05) is 13.0 Å². The zero-order valence-corrected chi connectivity index (χ0v) is 27.0. The molecule has 2 aliphatic rings. The SMILES string of the molecule is C[C@H]1C[C@@H](N2C(=O)C[C@@](C)(c3cccc(N)c3Cl)N=C2NC(=O)OC(C)(C)C)CC[C@H]1O[Si](C)(C)C(C)(C)C. The zero-order chi connectivity index (χ0) is 29.6. The number of hydrogen-bond acceptors (Lipinski definition) is 6. The summed E-state index contributed by atoms with van der Waals surface area (Å²) in [7, 11) is -1.93. The van der Waals surface area contributed by atoms with Gasteiger partial charge >= 0.3 is 6.09 Å². The van der Waals surface area contributed by atoms with E-state index >= 15 is 0 Å². The fourth-order valence-corrected chi connectivity index (χ4v) is 6.90. The molecule has 0 radical (unpaired) electrons. The quantitative estimate of drug-likeness (QED) is 0.301. The summed E-state index contributed by atoms with van der Waals surface area (Å²) in [5.74, 6) is 0.297. The first-order chi connectivity index (χ1) is 17.7. The van der Waals surface area contributed by atoms with Gasteiger partial charge in [0.1, 0.15) is 5.60 Å². The Kier molecular flexibility index (Phi) is 8.90. The average molecular weight is 579 g/mol. The number of nitrogen functional groups attached to an aromatic ring is 1. The van der Waals surface area contributed by atoms with E-state index in [0.29, 0.717) is 16.3 Å². The summed E-state index contributed by atoms with van der Waals surface area (Å²) in [6.45, 7) is 20.7. The number of nitrogens with zero attached hydrogens (tertiary/aromatic N) is 2. The van der Waals surface area contributed by atoms with Crippen molar-refractivity contribution in [2.45, 2.75) is 122 Å². The highest BCUT2D eigenvalue weighted by atomic mass is 35.5. The predicted molar refractivity (Wildman–Crippen MR) is 160 cm³/mol. The molecule has 39 heavy (non-hydrogen) atoms. The van der Waals surface area contributed by atoms with Gasteiger partial charge in [0, 0.05) is 17.7 Å². The molecule has 8 nitrogen and oxygen atoms in total. The Morgan fingerprint density at radius 1 is 1.21 bits per heavy atom. The second-order valence-corrected chi connectivity index (χ2v) is 19.0. The molecule has 1 aliphatic heterocycles. The van der Waals surface area contributed by atoms with Crippen LogP contribution in [-0.2, 0) is 19.5 Å². The van der Waals surface area contributed by atoms with Crippen LogP contribution in [0.4, 0.5) is 10.5 Å². The van der Waals surface area contributed by atoms with Gasteiger partial charge in [-0.05, 0) is 77.1 Å². The lowest BCUT2D eigenvalue weighted by Crippen LogP contribution is -2.59. The van der Waals surface area contributed by atoms with Crippen molar-refractivity contribution < 1.29 is 18.8 Å². The third-order valence-electron chi connectivity index (χ3n) is 8.25. The summed E-state index contributed by atoms with van der Waals surface area (Å²) in [6, 6.07) is 5.20. The van der Waals surface area contributed by atoms with E-state index in [0.717, 1.165) is 19.3 Å². The summed E-state index contributed by atoms with van der Waals surface area (Å²) >= 11 is 6.57. The van der Waals surface area contributed by atoms with Gasteiger partial charge in [-0.2, -0.15) is 0 Å². The van der Waals surface area contributed by atoms with Crippen LogP contribution in [0, 0.1) is 5.92 Å². The molecular formula is C29H47ClN4O4Si. The first kappa shape index (κ1) is 31.4. The summed E-state index contributed by atoms with van der Waals surface area (Å²) in [5.41, 5.74) is 5.42. The molecule has 4 atom stereocenters. The van der Waals surface area contributed by atoms with Crippen LogP contribution in [0.15, 0.2) is 23.2 Å². The van der Waals surface area contributed by atoms with Gasteiger partial charge in [-0.1, -0.05) is 51.4 Å². The molecule has 2 amide bonds. The van der Waals surface area contributed by atoms with Crippen molar-refractivity contribution in [2.24, 2.45) is 10.9 Å². The highest BCUT2D eigenvalue weighted by Gasteiger charge is 2.46. The maximum atomic E-state index is 13.9. The molecule has 0 bridgehead atoms. The van der Waals surface area contributed by atoms with Crippen LogP contribution in [0.2, 0.25) is 23.2 Å². The Morgan fingerprint density at radius 3 is 2.41 bits per heavy atom. The number of ether oxygens (including phenoxy) is 1. The zero-order valence-electron chi connectivity index (χ0n) is 25.3. The van der Waals surface area contributed by atoms with Crippen molar-refractivity contribution in [2.75, 3.05) is 5.73 Å². The van der Waals surface area contributed by atoms with Crippen molar-refractivity contribution in [1.29, 1.82) is 0 Å². The van der Waals surface area contributed by atoms with Crippen LogP contribution in [0.3, 0.4) is 0 Å². The Balaban J connectivity index is 1.93. The van der Waals surface area contributed by atoms with Crippen molar-refractivity contribution >= 4 is 43.6 Å². The van der Waals surface area contributed by atoms with Gasteiger partial charge in [0.2, 0.25) is 11.9 Å². The average Bonchev–Trinajstić information content (AvgIpc) is 2.74. The standard InChI is InChI=1S/C29H47ClN4O4Si/c1-18-16-19(14-15-22(18)38-39(9,10)28(5,6)7)34-23(35)17-29(8,20-12-11-13-21(31)24(20)30)33-25(34)32-26(36)37-27(2,3)4/h11-13,18-19,22H,14-17,31H2,1-10H3,(H,32,33,36)/t18-,19-,22+,29-/m0/s1. The number of carbonyl (C=O) groups is 2. The number of nitrogens with one attached hydrogen (secondary N) is 1. The van der Waals surface area contributed by atoms with Crippen LogP contribution in [-0.4, -0.2) is 48.9 Å². The van der Waals surface area contributed by atoms with Crippen LogP contribution in [0.25, 0.3) is 0 Å². The number of halogens is 1. The van der Waals surface area contributed by atoms with E-state index < -0.39 is 25.6 Å². The van der Waals surface area contributed by atoms with E-state index in [4.69, 9.17) is 31.5 Å². The fraction of sp³-hybridized carbons (Fsp3) is 0.690. The molecule has 0 aromatic heterocycles. The molecule has 1 aromatic rings. The molecule has 0 saturated heterocycles. The minimum absolute atomic E-state index is 0.102. The molecule has 10 heteroatoms. The fourth-order valence-electron chi connectivity index (χ4n) is 5.11. The summed E-state index contributed by atoms with van der Waals surface area (Å²) < 4.78 is 12.3. The lowest BCUT2D eigenvalue weighted by Gasteiger charge is -2.47. The minimum atomic E-state index is -1.93. The second kappa shape index (κ2) is 11.1. The number of guanidine groups is 1. The monoisotopic (exact) mass is 578 g/mol. The van der Waals surface area contributed by atoms with Crippen LogP contribution < -0.4 is 11.1 Å². The van der Waals surface area contributed by atoms with Gasteiger partial charge in [0.05, 0.1) is 22.7 Å². The third-order valence-corrected chi connectivity index (χ3v) is 13.2. The Morgan fingerprint density at radius 2 is 1.85 bits per heavy atom. The molecule has 1 aromatic carbocycles. The lowest BCUT2D eigenvalue weighted by molar-refractivity contribution is -0.132. The largest absolute Gasteiger partial charge is 0.444 e. The predicted octanol–water partition coefficient (Wildman–Crippen LogP) is 6.83. The molecule has 1 saturated carbocycles. The summed E-state index contributed by atoms with van der Waals surface area (Å²) in [4.78, 5) is 33.3. The third kappa shape index (κ3) is 7.16. The van der Waals surface area contributed by atoms with E-state index in [2.05, 4.69) is 46.1 Å². The lowest BCUT2D eigenvalue weighted by atomic mass is 9.82. The van der Waals surface area contributed by atoms with Gasteiger partial charge in [0.25, 0.3) is 0 Å². The van der Waals surface area contributed by atoms with E-state index in [-0.39, 0.29) is 41.4 Å². The molecule has 1 aliphatic carbocycles. The maximum Gasteiger partial charge on any atom is 0.414 e. The van der Waals surface area contributed by atoms with Gasteiger partial charge in [-0.15, -0.1) is 0 Å². The van der Waals surface area contributed by atoms with Gasteiger partial charge in [-0.3, -0.25) is 15.0 Å². The second-order valence-electron chi connectivity index (χ2n) is 13.8. The smallest absolute Gasteiger partial charge is 0.414 e. The Hall–Kier alpha value is -2.10. The molecule has 3 rings (SSSR count). The van der Waals surface area contributed by atoms with Crippen LogP contribution in [0.5, 0.6) is 0 Å². The highest BCUT2D eigenvalue weighted by Crippen LogP contribution is 2.43. The van der Waals surface area contributed by atoms with E-state index in [9.17, 15) is 9.59 Å². The number of hydrogen-bond donors (Lipinski definition) is 2. The van der Waals surface area contributed by atoms with Crippen molar-refractivity contribution in [3.63, 3.8) is 0 Å². The first-order valence-electron chi connectivity index (χ1n) is 13.9. The number of carbonyl (C=O) groups excluding carboxylic acids is 2. The number of alkyl carbamates (subject to hydrolysis) is 1. The van der Waals surface area contributed by atoms with Crippen LogP contribution in [0.1, 0.15) is 86.6 Å². The number of aliphatic imine (C=N–C) groups is 1. The van der Waals surface area contributed by atoms with E-state index in [1.165, 1.54) is 0 Å². The normalized spacial score (nSPS) is 26.7. The van der Waals surface area contributed by atoms with Crippen molar-refractivity contribution in [1.82, 2.24) is 10.2 Å². The van der Waals surface area contributed by atoms with Gasteiger partial charge in [-0.25, -0.2) is 9.79 Å². The topological polar surface area (TPSA) is 106 Å². The summed E-state index contributed by atoms with van der Waals surface area (Å²) in [6.07, 6.45) is 1.91. The van der Waals surface area contributed by atoms with Crippen LogP contribution >= 0.6 is 11.6 Å². The number of rotatable bonds is 4. The first-order valence-corrected chi connectivity index (χ1v) is 17.2. The molecule has 218 valence electrons. The van der Waals surface area contributed by atoms with Gasteiger partial charge in [0.15, 0.2) is 8.32 Å². The Labute approximate surface area is 240 Å². The minimum Gasteiger partial charge on any atom is -0.444 e. The van der Waals surface area contributed by atoms with Crippen molar-refractivity contribution in [3.8, 4) is 0 Å². The molecule has 0 unspecified atom stereocenters.